The first-order chi connectivity index (χ1) is 23.0. The van der Waals surface area contributed by atoms with E-state index in [1.54, 1.807) is 12.1 Å². The maximum Gasteiger partial charge on any atom is 0.338 e. The van der Waals surface area contributed by atoms with E-state index in [-0.39, 0.29) is 44.6 Å². The van der Waals surface area contributed by atoms with Crippen LogP contribution in [-0.4, -0.2) is 135 Å². The van der Waals surface area contributed by atoms with Crippen molar-refractivity contribution < 1.29 is 62.1 Å². The van der Waals surface area contributed by atoms with Crippen LogP contribution in [0.3, 0.4) is 0 Å². The molecule has 270 valence electrons. The van der Waals surface area contributed by atoms with Crippen molar-refractivity contribution in [2.24, 2.45) is 0 Å². The first-order valence-corrected chi connectivity index (χ1v) is 16.5. The molecule has 0 aliphatic rings. The van der Waals surface area contributed by atoms with E-state index in [0.717, 1.165) is 25.1 Å². The molecule has 0 atom stereocenters. The average Bonchev–Trinajstić information content (AvgIpc) is 3.07. The number of rotatable bonds is 34. The van der Waals surface area contributed by atoms with Crippen molar-refractivity contribution in [2.45, 2.75) is 45.4 Å². The molecule has 1 aromatic carbocycles. The second-order valence-corrected chi connectivity index (χ2v) is 10.1. The Labute approximate surface area is 278 Å². The summed E-state index contributed by atoms with van der Waals surface area (Å²) >= 11 is 0. The molecular formula is C33H55NO13. The lowest BCUT2D eigenvalue weighted by Crippen LogP contribution is -2.15. The van der Waals surface area contributed by atoms with Crippen molar-refractivity contribution in [2.75, 3.05) is 118 Å². The Balaban J connectivity index is 1.74. The fourth-order valence-corrected chi connectivity index (χ4v) is 3.66. The normalized spacial score (nSPS) is 11.0. The molecule has 1 aromatic rings. The van der Waals surface area contributed by atoms with Gasteiger partial charge in [0.1, 0.15) is 13.2 Å². The molecule has 0 aliphatic carbocycles. The van der Waals surface area contributed by atoms with E-state index < -0.39 is 5.97 Å². The van der Waals surface area contributed by atoms with Crippen LogP contribution < -0.4 is 5.32 Å². The van der Waals surface area contributed by atoms with Crippen LogP contribution in [0.5, 0.6) is 0 Å². The first-order valence-electron chi connectivity index (χ1n) is 16.5. The van der Waals surface area contributed by atoms with E-state index in [9.17, 15) is 14.4 Å². The number of hydrogen-bond donors (Lipinski definition) is 2. The summed E-state index contributed by atoms with van der Waals surface area (Å²) in [6.07, 6.45) is 3.45. The van der Waals surface area contributed by atoms with Gasteiger partial charge < -0.3 is 53.1 Å². The molecule has 0 radical (unpaired) electrons. The molecule has 0 aliphatic heterocycles. The van der Waals surface area contributed by atoms with Crippen LogP contribution in [0, 0.1) is 0 Å². The van der Waals surface area contributed by atoms with E-state index in [1.807, 2.05) is 12.1 Å². The van der Waals surface area contributed by atoms with Gasteiger partial charge in [-0.3, -0.25) is 9.59 Å². The van der Waals surface area contributed by atoms with Crippen molar-refractivity contribution in [3.8, 4) is 0 Å². The van der Waals surface area contributed by atoms with Gasteiger partial charge in [-0.05, 0) is 43.5 Å². The molecule has 0 unspecified atom stereocenters. The molecule has 0 heterocycles. The minimum Gasteiger partial charge on any atom is -0.481 e. The number of esters is 2. The number of nitrogens with one attached hydrogen (secondary N) is 1. The minimum atomic E-state index is -0.866. The van der Waals surface area contributed by atoms with Gasteiger partial charge in [0, 0.05) is 25.1 Å². The van der Waals surface area contributed by atoms with Crippen LogP contribution in [0.15, 0.2) is 24.3 Å². The van der Waals surface area contributed by atoms with Gasteiger partial charge in [0.15, 0.2) is 0 Å². The van der Waals surface area contributed by atoms with E-state index in [1.165, 1.54) is 0 Å². The molecule has 0 bridgehead atoms. The van der Waals surface area contributed by atoms with Gasteiger partial charge in [-0.15, -0.1) is 0 Å². The maximum absolute atomic E-state index is 12.1. The molecule has 0 saturated carbocycles. The summed E-state index contributed by atoms with van der Waals surface area (Å²) in [5, 5.41) is 11.9. The van der Waals surface area contributed by atoms with Crippen molar-refractivity contribution in [1.29, 1.82) is 0 Å². The highest BCUT2D eigenvalue weighted by molar-refractivity contribution is 5.89. The highest BCUT2D eigenvalue weighted by Gasteiger charge is 2.07. The summed E-state index contributed by atoms with van der Waals surface area (Å²) in [6, 6.07) is 7.25. The van der Waals surface area contributed by atoms with E-state index in [4.69, 9.17) is 47.7 Å². The quantitative estimate of drug-likeness (QED) is 0.0808. The minimum absolute atomic E-state index is 0.0569. The van der Waals surface area contributed by atoms with Gasteiger partial charge in [0.05, 0.1) is 98.1 Å². The fraction of sp³-hybridized carbons (Fsp3) is 0.727. The van der Waals surface area contributed by atoms with Crippen LogP contribution in [0.2, 0.25) is 0 Å². The third-order valence-electron chi connectivity index (χ3n) is 6.19. The molecule has 47 heavy (non-hydrogen) atoms. The summed E-state index contributed by atoms with van der Waals surface area (Å²) in [7, 11) is 0. The smallest absolute Gasteiger partial charge is 0.338 e. The molecule has 0 spiro atoms. The second-order valence-electron chi connectivity index (χ2n) is 10.1. The summed E-state index contributed by atoms with van der Waals surface area (Å²) in [5.41, 5.74) is 1.50. The van der Waals surface area contributed by atoms with Gasteiger partial charge in [0.2, 0.25) is 0 Å². The zero-order chi connectivity index (χ0) is 34.0. The van der Waals surface area contributed by atoms with Gasteiger partial charge in [0.25, 0.3) is 0 Å². The monoisotopic (exact) mass is 673 g/mol. The molecule has 14 nitrogen and oxygen atoms in total. The molecule has 2 N–H and O–H groups in total. The Bertz CT molecular complexity index is 901. The molecule has 0 fully saturated rings. The lowest BCUT2D eigenvalue weighted by Gasteiger charge is -2.09. The third-order valence-corrected chi connectivity index (χ3v) is 6.19. The highest BCUT2D eigenvalue weighted by Crippen LogP contribution is 2.11. The van der Waals surface area contributed by atoms with Crippen molar-refractivity contribution >= 4 is 23.6 Å². The predicted molar refractivity (Wildman–Crippen MR) is 173 cm³/mol. The van der Waals surface area contributed by atoms with E-state index >= 15 is 0 Å². The Kier molecular flexibility index (Phi) is 28.5. The molecule has 1 rings (SSSR count). The predicted octanol–water partition coefficient (Wildman–Crippen LogP) is 3.36. The summed E-state index contributed by atoms with van der Waals surface area (Å²) in [4.78, 5) is 34.0. The number of carbonyl (C=O) groups excluding carboxylic acids is 2. The number of carbonyl (C=O) groups is 3. The average molecular weight is 674 g/mol. The van der Waals surface area contributed by atoms with Crippen molar-refractivity contribution in [3.63, 3.8) is 0 Å². The summed E-state index contributed by atoms with van der Waals surface area (Å²) in [6.45, 7) is 9.17. The largest absolute Gasteiger partial charge is 0.481 e. The molecular weight excluding hydrogens is 618 g/mol. The Morgan fingerprint density at radius 1 is 0.553 bits per heavy atom. The third kappa shape index (κ3) is 27.9. The number of ether oxygens (including phenoxy) is 9. The second kappa shape index (κ2) is 31.7. The summed E-state index contributed by atoms with van der Waals surface area (Å²) in [5.74, 6) is -1.59. The molecule has 0 saturated heterocycles. The number of unbranched alkanes of at least 4 members (excludes halogenated alkanes) is 2. The SMILES string of the molecule is CCCCNc1ccc(C(=O)OCCOCCOCCOCCOCCOCCOCCOCCOC(=O)CCCCC(=O)O)cc1. The zero-order valence-electron chi connectivity index (χ0n) is 27.9. The van der Waals surface area contributed by atoms with Crippen molar-refractivity contribution in [1.82, 2.24) is 0 Å². The van der Waals surface area contributed by atoms with E-state index in [2.05, 4.69) is 12.2 Å². The number of carboxylic acid groups (broad SMARTS) is 1. The first kappa shape index (κ1) is 42.2. The lowest BCUT2D eigenvalue weighted by molar-refractivity contribution is -0.146. The van der Waals surface area contributed by atoms with Crippen LogP contribution >= 0.6 is 0 Å². The number of carboxylic acids is 1. The van der Waals surface area contributed by atoms with Crippen molar-refractivity contribution in [3.05, 3.63) is 29.8 Å². The summed E-state index contributed by atoms with van der Waals surface area (Å²) < 4.78 is 48.2. The van der Waals surface area contributed by atoms with Gasteiger partial charge in [-0.2, -0.15) is 0 Å². The number of anilines is 1. The van der Waals surface area contributed by atoms with Crippen LogP contribution in [0.4, 0.5) is 5.69 Å². The number of hydrogen-bond acceptors (Lipinski definition) is 13. The maximum atomic E-state index is 12.1. The zero-order valence-corrected chi connectivity index (χ0v) is 27.9. The van der Waals surface area contributed by atoms with Gasteiger partial charge >= 0.3 is 17.9 Å². The molecule has 0 amide bonds. The Morgan fingerprint density at radius 3 is 1.38 bits per heavy atom. The highest BCUT2D eigenvalue weighted by atomic mass is 16.6. The number of benzene rings is 1. The Morgan fingerprint density at radius 2 is 0.957 bits per heavy atom. The van der Waals surface area contributed by atoms with Gasteiger partial charge in [-0.1, -0.05) is 13.3 Å². The molecule has 14 heteroatoms. The topological polar surface area (TPSA) is 167 Å². The Hall–Kier alpha value is -2.85. The lowest BCUT2D eigenvalue weighted by atomic mass is 10.2. The van der Waals surface area contributed by atoms with Crippen LogP contribution in [0.25, 0.3) is 0 Å². The molecule has 0 aromatic heterocycles. The van der Waals surface area contributed by atoms with Gasteiger partial charge in [-0.25, -0.2) is 4.79 Å². The standard InChI is InChI=1S/C33H55NO13/c1-2-3-12-34-30-10-8-29(9-11-30)33(38)47-28-26-45-24-22-43-20-18-41-16-14-39-13-15-40-17-19-42-21-23-44-25-27-46-32(37)7-5-4-6-31(35)36/h8-11,34H,2-7,12-28H2,1H3,(H,35,36). The van der Waals surface area contributed by atoms with E-state index in [0.29, 0.717) is 104 Å². The van der Waals surface area contributed by atoms with Crippen LogP contribution in [0.1, 0.15) is 55.8 Å². The van der Waals surface area contributed by atoms with Crippen LogP contribution in [-0.2, 0) is 52.2 Å². The number of aliphatic carboxylic acids is 1. The fourth-order valence-electron chi connectivity index (χ4n) is 3.66.